The number of likely N-dealkylation sites (tertiary alicyclic amines) is 1. The summed E-state index contributed by atoms with van der Waals surface area (Å²) in [5, 5.41) is 0. The van der Waals surface area contributed by atoms with Crippen LogP contribution in [0.5, 0.6) is 0 Å². The van der Waals surface area contributed by atoms with Crippen LogP contribution in [-0.4, -0.2) is 23.9 Å². The molecule has 1 amide bonds. The number of nitrogens with zero attached hydrogens (tertiary/aromatic N) is 1. The van der Waals surface area contributed by atoms with Crippen molar-refractivity contribution >= 4 is 5.91 Å². The van der Waals surface area contributed by atoms with Gasteiger partial charge in [-0.25, -0.2) is 0 Å². The predicted octanol–water partition coefficient (Wildman–Crippen LogP) is 1.65. The monoisotopic (exact) mass is 155 g/mol. The number of carbonyl (C=O) groups excluding carboxylic acids is 1. The van der Waals surface area contributed by atoms with Crippen molar-refractivity contribution in [2.45, 2.75) is 33.1 Å². The summed E-state index contributed by atoms with van der Waals surface area (Å²) in [6.07, 6.45) is 3.64. The summed E-state index contributed by atoms with van der Waals surface area (Å²) in [5.41, 5.74) is 0. The topological polar surface area (TPSA) is 20.3 Å². The molecule has 2 nitrogen and oxygen atoms in total. The quantitative estimate of drug-likeness (QED) is 0.521. The van der Waals surface area contributed by atoms with Crippen molar-refractivity contribution in [1.29, 1.82) is 0 Å². The highest BCUT2D eigenvalue weighted by Crippen LogP contribution is 2.15. The second-order valence-electron chi connectivity index (χ2n) is 3.54. The fraction of sp³-hybridized carbons (Fsp3) is 0.889. The van der Waals surface area contributed by atoms with Gasteiger partial charge in [0.25, 0.3) is 0 Å². The van der Waals surface area contributed by atoms with Gasteiger partial charge in [0.05, 0.1) is 0 Å². The summed E-state index contributed by atoms with van der Waals surface area (Å²) < 4.78 is 0. The molecule has 0 radical (unpaired) electrons. The van der Waals surface area contributed by atoms with Crippen LogP contribution in [0.2, 0.25) is 0 Å². The van der Waals surface area contributed by atoms with E-state index < -0.39 is 0 Å². The number of amides is 1. The fourth-order valence-corrected chi connectivity index (χ4v) is 1.58. The van der Waals surface area contributed by atoms with Crippen molar-refractivity contribution in [3.05, 3.63) is 0 Å². The van der Waals surface area contributed by atoms with Crippen molar-refractivity contribution in [2.75, 3.05) is 13.1 Å². The first-order valence-electron chi connectivity index (χ1n) is 4.45. The minimum Gasteiger partial charge on any atom is -0.343 e. The Kier molecular flexibility index (Phi) is 2.92. The molecule has 1 fully saturated rings. The lowest BCUT2D eigenvalue weighted by Crippen LogP contribution is -2.29. The molecule has 0 spiro atoms. The molecule has 0 aliphatic carbocycles. The molecule has 1 aliphatic rings. The number of rotatable bonds is 0. The second kappa shape index (κ2) is 3.74. The molecule has 1 heterocycles. The molecule has 11 heavy (non-hydrogen) atoms. The lowest BCUT2D eigenvalue weighted by Gasteiger charge is -2.17. The van der Waals surface area contributed by atoms with Crippen molar-refractivity contribution in [2.24, 2.45) is 5.92 Å². The number of hydrogen-bond acceptors (Lipinski definition) is 1. The molecule has 2 heteroatoms. The second-order valence-corrected chi connectivity index (χ2v) is 3.54. The van der Waals surface area contributed by atoms with Crippen molar-refractivity contribution in [3.8, 4) is 0 Å². The van der Waals surface area contributed by atoms with E-state index in [-0.39, 0.29) is 5.91 Å². The minimum absolute atomic E-state index is 0.235. The smallest absolute Gasteiger partial charge is 0.219 e. The van der Waals surface area contributed by atoms with E-state index >= 15 is 0 Å². The fourth-order valence-electron chi connectivity index (χ4n) is 1.58. The lowest BCUT2D eigenvalue weighted by molar-refractivity contribution is -0.128. The van der Waals surface area contributed by atoms with E-state index in [4.69, 9.17) is 0 Å². The average molecular weight is 155 g/mol. The van der Waals surface area contributed by atoms with Crippen molar-refractivity contribution in [1.82, 2.24) is 4.90 Å². The summed E-state index contributed by atoms with van der Waals surface area (Å²) in [7, 11) is 0. The Bertz CT molecular complexity index is 144. The first-order chi connectivity index (χ1) is 5.20. The Morgan fingerprint density at radius 1 is 1.36 bits per heavy atom. The maximum absolute atomic E-state index is 11.0. The molecule has 64 valence electrons. The first-order valence-corrected chi connectivity index (χ1v) is 4.45. The van der Waals surface area contributed by atoms with Crippen LogP contribution < -0.4 is 0 Å². The van der Waals surface area contributed by atoms with Crippen LogP contribution in [0.15, 0.2) is 0 Å². The largest absolute Gasteiger partial charge is 0.343 e. The molecule has 0 saturated carbocycles. The predicted molar refractivity (Wildman–Crippen MR) is 45.3 cm³/mol. The van der Waals surface area contributed by atoms with Crippen molar-refractivity contribution < 1.29 is 4.79 Å². The summed E-state index contributed by atoms with van der Waals surface area (Å²) in [4.78, 5) is 12.9. The van der Waals surface area contributed by atoms with Gasteiger partial charge in [0.1, 0.15) is 0 Å². The van der Waals surface area contributed by atoms with E-state index in [1.807, 2.05) is 4.90 Å². The Morgan fingerprint density at radius 3 is 2.73 bits per heavy atom. The summed E-state index contributed by atoms with van der Waals surface area (Å²) >= 11 is 0. The molecule has 0 N–H and O–H groups in total. The minimum atomic E-state index is 0.235. The molecule has 0 aromatic carbocycles. The molecule has 1 aliphatic heterocycles. The Balaban J connectivity index is 2.40. The van der Waals surface area contributed by atoms with Gasteiger partial charge in [-0.3, -0.25) is 4.79 Å². The zero-order valence-electron chi connectivity index (χ0n) is 7.47. The van der Waals surface area contributed by atoms with Gasteiger partial charge in [0, 0.05) is 20.0 Å². The van der Waals surface area contributed by atoms with Crippen LogP contribution in [0.3, 0.4) is 0 Å². The van der Waals surface area contributed by atoms with E-state index in [1.54, 1.807) is 6.92 Å². The first kappa shape index (κ1) is 8.57. The van der Waals surface area contributed by atoms with Gasteiger partial charge in [0.15, 0.2) is 0 Å². The normalized spacial score (nSPS) is 26.4. The van der Waals surface area contributed by atoms with Crippen LogP contribution in [-0.2, 0) is 4.79 Å². The third-order valence-corrected chi connectivity index (χ3v) is 2.46. The molecule has 1 atom stereocenters. The third-order valence-electron chi connectivity index (χ3n) is 2.46. The van der Waals surface area contributed by atoms with Crippen molar-refractivity contribution in [3.63, 3.8) is 0 Å². The maximum atomic E-state index is 11.0. The van der Waals surface area contributed by atoms with Crippen LogP contribution in [0.4, 0.5) is 0 Å². The molecule has 0 aromatic heterocycles. The molecular formula is C9H17NO. The van der Waals surface area contributed by atoms with E-state index in [9.17, 15) is 4.79 Å². The Morgan fingerprint density at radius 2 is 2.09 bits per heavy atom. The standard InChI is InChI=1S/C9H17NO/c1-8-4-3-6-10(7-5-8)9(2)11/h8H,3-7H2,1-2H3. The van der Waals surface area contributed by atoms with E-state index in [1.165, 1.54) is 19.3 Å². The van der Waals surface area contributed by atoms with Gasteiger partial charge in [-0.05, 0) is 25.2 Å². The summed E-state index contributed by atoms with van der Waals surface area (Å²) in [6, 6.07) is 0. The van der Waals surface area contributed by atoms with Crippen LogP contribution in [0, 0.1) is 5.92 Å². The van der Waals surface area contributed by atoms with Crippen LogP contribution >= 0.6 is 0 Å². The zero-order valence-corrected chi connectivity index (χ0v) is 7.47. The Labute approximate surface area is 68.6 Å². The van der Waals surface area contributed by atoms with Gasteiger partial charge in [0.2, 0.25) is 5.91 Å². The Hall–Kier alpha value is -0.530. The molecule has 0 aromatic rings. The lowest BCUT2D eigenvalue weighted by atomic mass is 10.0. The van der Waals surface area contributed by atoms with Gasteiger partial charge in [-0.1, -0.05) is 6.92 Å². The third kappa shape index (κ3) is 2.52. The van der Waals surface area contributed by atoms with Crippen LogP contribution in [0.25, 0.3) is 0 Å². The molecule has 0 bridgehead atoms. The maximum Gasteiger partial charge on any atom is 0.219 e. The SMILES string of the molecule is CC(=O)N1CCCC(C)CC1. The van der Waals surface area contributed by atoms with Gasteiger partial charge >= 0.3 is 0 Å². The summed E-state index contributed by atoms with van der Waals surface area (Å²) in [6.45, 7) is 5.87. The molecular weight excluding hydrogens is 138 g/mol. The highest BCUT2D eigenvalue weighted by molar-refractivity contribution is 5.73. The molecule has 1 saturated heterocycles. The van der Waals surface area contributed by atoms with E-state index in [0.29, 0.717) is 0 Å². The van der Waals surface area contributed by atoms with Gasteiger partial charge < -0.3 is 4.90 Å². The highest BCUT2D eigenvalue weighted by Gasteiger charge is 2.14. The van der Waals surface area contributed by atoms with E-state index in [0.717, 1.165) is 19.0 Å². The van der Waals surface area contributed by atoms with E-state index in [2.05, 4.69) is 6.92 Å². The number of carbonyl (C=O) groups is 1. The molecule has 1 unspecified atom stereocenters. The average Bonchev–Trinajstić information content (AvgIpc) is 2.13. The highest BCUT2D eigenvalue weighted by atomic mass is 16.2. The van der Waals surface area contributed by atoms with Gasteiger partial charge in [-0.2, -0.15) is 0 Å². The van der Waals surface area contributed by atoms with Gasteiger partial charge in [-0.15, -0.1) is 0 Å². The summed E-state index contributed by atoms with van der Waals surface area (Å²) in [5.74, 6) is 1.04. The van der Waals surface area contributed by atoms with Crippen LogP contribution in [0.1, 0.15) is 33.1 Å². The number of hydrogen-bond donors (Lipinski definition) is 0. The zero-order chi connectivity index (χ0) is 8.27. The molecule has 1 rings (SSSR count).